The molecular weight excluding hydrogens is 544 g/mol. The number of esters is 1. The lowest BCUT2D eigenvalue weighted by Gasteiger charge is -2.26. The highest BCUT2D eigenvalue weighted by molar-refractivity contribution is 7.07. The number of carbonyl (C=O) groups excluding carboxylic acids is 1. The summed E-state index contributed by atoms with van der Waals surface area (Å²) in [7, 11) is 1.56. The normalized spacial score (nSPS) is 14.7. The van der Waals surface area contributed by atoms with E-state index in [9.17, 15) is 14.4 Å². The van der Waals surface area contributed by atoms with Gasteiger partial charge in [0.15, 0.2) is 11.4 Å². The van der Waals surface area contributed by atoms with Crippen LogP contribution in [0.2, 0.25) is 0 Å². The van der Waals surface area contributed by atoms with Crippen LogP contribution in [0, 0.1) is 0 Å². The molecule has 4 aromatic rings. The first-order valence-electron chi connectivity index (χ1n) is 12.8. The highest BCUT2D eigenvalue weighted by Gasteiger charge is 2.35. The molecule has 208 valence electrons. The van der Waals surface area contributed by atoms with Crippen LogP contribution in [0.5, 0.6) is 11.5 Å². The topological polar surface area (TPSA) is 116 Å². The van der Waals surface area contributed by atoms with Crippen LogP contribution in [-0.4, -0.2) is 41.9 Å². The average molecular weight is 571 g/mol. The summed E-state index contributed by atoms with van der Waals surface area (Å²) in [5.41, 5.74) is 2.47. The van der Waals surface area contributed by atoms with E-state index in [4.69, 9.17) is 24.3 Å². The first kappa shape index (κ1) is 27.6. The molecule has 1 aliphatic rings. The van der Waals surface area contributed by atoms with Crippen LogP contribution in [0.1, 0.15) is 29.7 Å². The zero-order valence-corrected chi connectivity index (χ0v) is 23.1. The SMILES string of the molecule is CCOC(=O)C1=C(c2ccccc2)N=c2s/c(=C\c3ccc(OCC(=O)O)cc3)c(=O)n2C1c1cccc(OC)c1. The van der Waals surface area contributed by atoms with Crippen molar-refractivity contribution in [1.82, 2.24) is 4.57 Å². The van der Waals surface area contributed by atoms with Gasteiger partial charge in [-0.3, -0.25) is 9.36 Å². The van der Waals surface area contributed by atoms with Gasteiger partial charge < -0.3 is 19.3 Å². The number of hydrogen-bond donors (Lipinski definition) is 1. The summed E-state index contributed by atoms with van der Waals surface area (Å²) in [5.74, 6) is -0.654. The lowest BCUT2D eigenvalue weighted by atomic mass is 9.93. The van der Waals surface area contributed by atoms with Gasteiger partial charge >= 0.3 is 11.9 Å². The molecule has 1 atom stereocenters. The number of methoxy groups -OCH3 is 1. The maximum atomic E-state index is 14.0. The molecule has 1 N–H and O–H groups in total. The molecular formula is C31H26N2O7S. The average Bonchev–Trinajstić information content (AvgIpc) is 3.30. The number of fused-ring (bicyclic) bond motifs is 1. The molecule has 0 spiro atoms. The molecule has 1 aromatic heterocycles. The molecule has 0 fully saturated rings. The van der Waals surface area contributed by atoms with Crippen molar-refractivity contribution in [3.05, 3.63) is 121 Å². The first-order chi connectivity index (χ1) is 19.9. The third-order valence-electron chi connectivity index (χ3n) is 6.32. The van der Waals surface area contributed by atoms with Crippen LogP contribution in [0.15, 0.2) is 94.2 Å². The third kappa shape index (κ3) is 5.82. The van der Waals surface area contributed by atoms with Crippen LogP contribution in [-0.2, 0) is 14.3 Å². The summed E-state index contributed by atoms with van der Waals surface area (Å²) in [5, 5.41) is 8.83. The summed E-state index contributed by atoms with van der Waals surface area (Å²) >= 11 is 1.21. The smallest absolute Gasteiger partial charge is 0.341 e. The van der Waals surface area contributed by atoms with Crippen molar-refractivity contribution < 1.29 is 28.9 Å². The number of carboxylic acid groups (broad SMARTS) is 1. The van der Waals surface area contributed by atoms with E-state index in [2.05, 4.69) is 0 Å². The van der Waals surface area contributed by atoms with E-state index in [1.165, 1.54) is 15.9 Å². The van der Waals surface area contributed by atoms with Crippen LogP contribution in [0.25, 0.3) is 11.8 Å². The number of carbonyl (C=O) groups is 2. The van der Waals surface area contributed by atoms with Gasteiger partial charge in [0, 0.05) is 5.56 Å². The van der Waals surface area contributed by atoms with Crippen molar-refractivity contribution >= 4 is 35.0 Å². The fourth-order valence-electron chi connectivity index (χ4n) is 4.52. The Balaban J connectivity index is 1.72. The molecule has 0 saturated heterocycles. The van der Waals surface area contributed by atoms with Gasteiger partial charge in [-0.1, -0.05) is 65.9 Å². The van der Waals surface area contributed by atoms with Gasteiger partial charge in [0.1, 0.15) is 11.5 Å². The summed E-state index contributed by atoms with van der Waals surface area (Å²) in [4.78, 5) is 43.5. The lowest BCUT2D eigenvalue weighted by Crippen LogP contribution is -2.40. The van der Waals surface area contributed by atoms with Crippen molar-refractivity contribution in [2.45, 2.75) is 13.0 Å². The number of aliphatic carboxylic acids is 1. The molecule has 41 heavy (non-hydrogen) atoms. The molecule has 0 radical (unpaired) electrons. The number of hydrogen-bond acceptors (Lipinski definition) is 8. The zero-order valence-electron chi connectivity index (χ0n) is 22.3. The van der Waals surface area contributed by atoms with Crippen LogP contribution >= 0.6 is 11.3 Å². The van der Waals surface area contributed by atoms with Gasteiger partial charge in [-0.2, -0.15) is 0 Å². The molecule has 5 rings (SSSR count). The van der Waals surface area contributed by atoms with Crippen molar-refractivity contribution in [2.24, 2.45) is 4.99 Å². The summed E-state index contributed by atoms with van der Waals surface area (Å²) in [6.45, 7) is 1.44. The largest absolute Gasteiger partial charge is 0.497 e. The second kappa shape index (κ2) is 12.1. The van der Waals surface area contributed by atoms with Gasteiger partial charge in [-0.15, -0.1) is 0 Å². The first-order valence-corrected chi connectivity index (χ1v) is 13.6. The second-order valence-electron chi connectivity index (χ2n) is 8.96. The molecule has 3 aromatic carbocycles. The molecule has 2 heterocycles. The van der Waals surface area contributed by atoms with Gasteiger partial charge in [0.05, 0.1) is 35.6 Å². The highest BCUT2D eigenvalue weighted by Crippen LogP contribution is 2.36. The number of rotatable bonds is 9. The predicted octanol–water partition coefficient (Wildman–Crippen LogP) is 3.41. The zero-order chi connectivity index (χ0) is 28.9. The van der Waals surface area contributed by atoms with E-state index in [0.717, 1.165) is 5.56 Å². The molecule has 0 saturated carbocycles. The Labute approximate surface area is 238 Å². The van der Waals surface area contributed by atoms with E-state index >= 15 is 0 Å². The summed E-state index contributed by atoms with van der Waals surface area (Å²) in [6, 6.07) is 22.5. The van der Waals surface area contributed by atoms with Gasteiger partial charge in [-0.05, 0) is 48.4 Å². The van der Waals surface area contributed by atoms with Crippen LogP contribution in [0.3, 0.4) is 0 Å². The molecule has 1 aliphatic heterocycles. The lowest BCUT2D eigenvalue weighted by molar-refractivity contribution is -0.140. The Morgan fingerprint density at radius 2 is 1.78 bits per heavy atom. The van der Waals surface area contributed by atoms with E-state index in [1.54, 1.807) is 56.5 Å². The molecule has 9 nitrogen and oxygen atoms in total. The standard InChI is InChI=1S/C31H26N2O7S/c1-3-39-30(37)26-27(20-8-5-4-6-9-20)32-31-33(28(26)21-10-7-11-23(17-21)38-2)29(36)24(41-31)16-19-12-14-22(15-13-19)40-18-25(34)35/h4-17,28H,3,18H2,1-2H3,(H,34,35)/b24-16-. The number of nitrogens with zero attached hydrogens (tertiary/aromatic N) is 2. The molecule has 10 heteroatoms. The quantitative estimate of drug-likeness (QED) is 0.307. The molecule has 0 amide bonds. The third-order valence-corrected chi connectivity index (χ3v) is 7.31. The van der Waals surface area contributed by atoms with E-state index in [0.29, 0.717) is 37.7 Å². The number of carboxylic acids is 1. The van der Waals surface area contributed by atoms with E-state index in [-0.39, 0.29) is 17.7 Å². The van der Waals surface area contributed by atoms with E-state index in [1.807, 2.05) is 42.5 Å². The van der Waals surface area contributed by atoms with Crippen LogP contribution in [0.4, 0.5) is 0 Å². The maximum Gasteiger partial charge on any atom is 0.341 e. The number of ether oxygens (including phenoxy) is 3. The van der Waals surface area contributed by atoms with Gasteiger partial charge in [-0.25, -0.2) is 14.6 Å². The Bertz CT molecular complexity index is 1810. The molecule has 0 bridgehead atoms. The van der Waals surface area contributed by atoms with Crippen molar-refractivity contribution in [2.75, 3.05) is 20.3 Å². The van der Waals surface area contributed by atoms with E-state index < -0.39 is 24.6 Å². The Kier molecular flexibility index (Phi) is 8.11. The van der Waals surface area contributed by atoms with Gasteiger partial charge in [0.25, 0.3) is 5.56 Å². The fraction of sp³-hybridized carbons (Fsp3) is 0.161. The van der Waals surface area contributed by atoms with Crippen LogP contribution < -0.4 is 24.4 Å². The number of benzene rings is 3. The Morgan fingerprint density at radius 3 is 2.46 bits per heavy atom. The minimum atomic E-state index is -1.07. The van der Waals surface area contributed by atoms with Gasteiger partial charge in [0.2, 0.25) is 0 Å². The molecule has 0 aliphatic carbocycles. The predicted molar refractivity (Wildman–Crippen MR) is 154 cm³/mol. The fourth-order valence-corrected chi connectivity index (χ4v) is 5.53. The van der Waals surface area contributed by atoms with Crippen molar-refractivity contribution in [1.29, 1.82) is 0 Å². The molecule has 1 unspecified atom stereocenters. The Morgan fingerprint density at radius 1 is 1.02 bits per heavy atom. The minimum absolute atomic E-state index is 0.159. The Hall–Kier alpha value is -4.96. The minimum Gasteiger partial charge on any atom is -0.497 e. The van der Waals surface area contributed by atoms with Crippen molar-refractivity contribution in [3.63, 3.8) is 0 Å². The number of thiazole rings is 1. The summed E-state index contributed by atoms with van der Waals surface area (Å²) < 4.78 is 18.1. The summed E-state index contributed by atoms with van der Waals surface area (Å²) in [6.07, 6.45) is 1.73. The maximum absolute atomic E-state index is 14.0. The number of aromatic nitrogens is 1. The monoisotopic (exact) mass is 570 g/mol. The van der Waals surface area contributed by atoms with Crippen molar-refractivity contribution in [3.8, 4) is 11.5 Å². The highest BCUT2D eigenvalue weighted by atomic mass is 32.1. The second-order valence-corrected chi connectivity index (χ2v) is 9.97.